The number of Topliss-reactive ketones (excluding diaryl/α,β-unsaturated/α-hetero) is 1. The summed E-state index contributed by atoms with van der Waals surface area (Å²) in [4.78, 5) is 11.3. The van der Waals surface area contributed by atoms with Crippen molar-refractivity contribution < 1.29 is 17.9 Å². The van der Waals surface area contributed by atoms with Crippen molar-refractivity contribution in [1.82, 2.24) is 4.31 Å². The minimum absolute atomic E-state index is 0.107. The average Bonchev–Trinajstić information content (AvgIpc) is 2.37. The first-order chi connectivity index (χ1) is 9.78. The molecule has 0 amide bonds. The van der Waals surface area contributed by atoms with Gasteiger partial charge in [0.15, 0.2) is 5.78 Å². The second-order valence-electron chi connectivity index (χ2n) is 5.32. The third kappa shape index (κ3) is 4.03. The number of carbonyl (C=O) groups excluding carboxylic acids is 1. The first-order valence-corrected chi connectivity index (χ1v) is 8.26. The van der Waals surface area contributed by atoms with Gasteiger partial charge in [-0.1, -0.05) is 12.1 Å². The molecule has 2 rings (SSSR count). The smallest absolute Gasteiger partial charge is 0.301 e. The number of nitrogens with zero attached hydrogens (tertiary/aromatic N) is 1. The van der Waals surface area contributed by atoms with Crippen molar-refractivity contribution in [2.45, 2.75) is 33.0 Å². The van der Waals surface area contributed by atoms with Gasteiger partial charge >= 0.3 is 10.2 Å². The second kappa shape index (κ2) is 6.13. The number of ether oxygens (including phenoxy) is 1. The molecule has 0 radical (unpaired) electrons. The molecule has 7 heteroatoms. The number of ketones is 1. The number of nitrogens with one attached hydrogen (secondary N) is 1. The standard InChI is InChI=1S/C14H20N2O4S/c1-10-8-16(9-11(2)20-10)21(18,19)15-14-6-4-5-13(7-14)12(3)17/h4-7,10-11,15H,8-9H2,1-3H3/t10-,11+. The summed E-state index contributed by atoms with van der Waals surface area (Å²) in [5.74, 6) is -0.107. The lowest BCUT2D eigenvalue weighted by molar-refractivity contribution is -0.0439. The van der Waals surface area contributed by atoms with Crippen molar-refractivity contribution in [2.75, 3.05) is 17.8 Å². The first-order valence-electron chi connectivity index (χ1n) is 6.82. The highest BCUT2D eigenvalue weighted by Crippen LogP contribution is 2.18. The Labute approximate surface area is 125 Å². The second-order valence-corrected chi connectivity index (χ2v) is 6.99. The van der Waals surface area contributed by atoms with Gasteiger partial charge in [-0.3, -0.25) is 9.52 Å². The number of morpholine rings is 1. The Morgan fingerprint density at radius 1 is 1.29 bits per heavy atom. The van der Waals surface area contributed by atoms with E-state index in [-0.39, 0.29) is 18.0 Å². The largest absolute Gasteiger partial charge is 0.373 e. The van der Waals surface area contributed by atoms with Gasteiger partial charge in [0, 0.05) is 18.7 Å². The van der Waals surface area contributed by atoms with E-state index < -0.39 is 10.2 Å². The number of hydrogen-bond donors (Lipinski definition) is 1. The molecule has 1 aromatic carbocycles. The summed E-state index contributed by atoms with van der Waals surface area (Å²) in [5.41, 5.74) is 0.855. The van der Waals surface area contributed by atoms with E-state index >= 15 is 0 Å². The van der Waals surface area contributed by atoms with Crippen molar-refractivity contribution in [1.29, 1.82) is 0 Å². The van der Waals surface area contributed by atoms with Crippen LogP contribution in [0.25, 0.3) is 0 Å². The van der Waals surface area contributed by atoms with Gasteiger partial charge < -0.3 is 4.74 Å². The zero-order chi connectivity index (χ0) is 15.6. The Hall–Kier alpha value is -1.44. The van der Waals surface area contributed by atoms with E-state index in [1.54, 1.807) is 18.2 Å². The summed E-state index contributed by atoms with van der Waals surface area (Å²) in [6, 6.07) is 6.46. The summed E-state index contributed by atoms with van der Waals surface area (Å²) in [6.07, 6.45) is -0.289. The van der Waals surface area contributed by atoms with Gasteiger partial charge in [0.2, 0.25) is 0 Å². The maximum atomic E-state index is 12.4. The molecule has 21 heavy (non-hydrogen) atoms. The molecular weight excluding hydrogens is 292 g/mol. The summed E-state index contributed by atoms with van der Waals surface area (Å²) in [7, 11) is -3.65. The van der Waals surface area contributed by atoms with Crippen LogP contribution in [-0.2, 0) is 14.9 Å². The lowest BCUT2D eigenvalue weighted by Crippen LogP contribution is -2.49. The lowest BCUT2D eigenvalue weighted by Gasteiger charge is -2.34. The van der Waals surface area contributed by atoms with Crippen molar-refractivity contribution in [3.63, 3.8) is 0 Å². The van der Waals surface area contributed by atoms with Crippen LogP contribution in [0.5, 0.6) is 0 Å². The van der Waals surface area contributed by atoms with Crippen LogP contribution in [0.4, 0.5) is 5.69 Å². The monoisotopic (exact) mass is 312 g/mol. The lowest BCUT2D eigenvalue weighted by atomic mass is 10.1. The quantitative estimate of drug-likeness (QED) is 0.858. The minimum Gasteiger partial charge on any atom is -0.373 e. The minimum atomic E-state index is -3.65. The predicted octanol–water partition coefficient (Wildman–Crippen LogP) is 1.66. The Kier molecular flexibility index (Phi) is 4.65. The number of benzene rings is 1. The molecule has 2 atom stereocenters. The molecule has 1 saturated heterocycles. The molecule has 0 bridgehead atoms. The van der Waals surface area contributed by atoms with Crippen LogP contribution in [0.1, 0.15) is 31.1 Å². The third-order valence-electron chi connectivity index (χ3n) is 3.24. The van der Waals surface area contributed by atoms with Crippen molar-refractivity contribution in [3.8, 4) is 0 Å². The van der Waals surface area contributed by atoms with Gasteiger partial charge in [0.05, 0.1) is 17.9 Å². The fourth-order valence-electron chi connectivity index (χ4n) is 2.34. The van der Waals surface area contributed by atoms with Crippen LogP contribution in [0.3, 0.4) is 0 Å². The maximum absolute atomic E-state index is 12.4. The fraction of sp³-hybridized carbons (Fsp3) is 0.500. The van der Waals surface area contributed by atoms with E-state index in [2.05, 4.69) is 4.72 Å². The molecule has 0 unspecified atom stereocenters. The van der Waals surface area contributed by atoms with Crippen molar-refractivity contribution in [2.24, 2.45) is 0 Å². The predicted molar refractivity (Wildman–Crippen MR) is 80.6 cm³/mol. The van der Waals surface area contributed by atoms with Crippen LogP contribution >= 0.6 is 0 Å². The van der Waals surface area contributed by atoms with Crippen molar-refractivity contribution in [3.05, 3.63) is 29.8 Å². The highest BCUT2D eigenvalue weighted by molar-refractivity contribution is 7.90. The molecule has 1 aromatic rings. The van der Waals surface area contributed by atoms with Gasteiger partial charge in [-0.05, 0) is 32.9 Å². The molecule has 1 aliphatic heterocycles. The summed E-state index contributed by atoms with van der Waals surface area (Å²) in [5, 5.41) is 0. The topological polar surface area (TPSA) is 75.7 Å². The van der Waals surface area contributed by atoms with Crippen LogP contribution in [0.15, 0.2) is 24.3 Å². The molecule has 0 saturated carbocycles. The van der Waals surface area contributed by atoms with Gasteiger partial charge in [-0.2, -0.15) is 12.7 Å². The van der Waals surface area contributed by atoms with E-state index in [1.165, 1.54) is 17.3 Å². The first kappa shape index (κ1) is 15.9. The fourth-order valence-corrected chi connectivity index (χ4v) is 3.71. The summed E-state index contributed by atoms with van der Waals surface area (Å²) >= 11 is 0. The zero-order valence-corrected chi connectivity index (χ0v) is 13.2. The number of carbonyl (C=O) groups is 1. The Bertz CT molecular complexity index is 620. The van der Waals surface area contributed by atoms with Crippen LogP contribution < -0.4 is 4.72 Å². The highest BCUT2D eigenvalue weighted by atomic mass is 32.2. The molecule has 1 heterocycles. The molecule has 116 valence electrons. The number of anilines is 1. The normalized spacial score (nSPS) is 23.8. The molecule has 0 aromatic heterocycles. The van der Waals surface area contributed by atoms with Crippen LogP contribution in [0.2, 0.25) is 0 Å². The third-order valence-corrected chi connectivity index (χ3v) is 4.71. The van der Waals surface area contributed by atoms with Crippen LogP contribution in [0, 0.1) is 0 Å². The van der Waals surface area contributed by atoms with Crippen molar-refractivity contribution >= 4 is 21.7 Å². The van der Waals surface area contributed by atoms with E-state index in [0.717, 1.165) is 0 Å². The maximum Gasteiger partial charge on any atom is 0.301 e. The Morgan fingerprint density at radius 3 is 2.48 bits per heavy atom. The Balaban J connectivity index is 2.17. The molecule has 0 spiro atoms. The van der Waals surface area contributed by atoms with Gasteiger partial charge in [0.1, 0.15) is 0 Å². The molecule has 1 fully saturated rings. The summed E-state index contributed by atoms with van der Waals surface area (Å²) in [6.45, 7) is 5.75. The molecule has 6 nitrogen and oxygen atoms in total. The number of hydrogen-bond acceptors (Lipinski definition) is 4. The van der Waals surface area contributed by atoms with E-state index in [9.17, 15) is 13.2 Å². The van der Waals surface area contributed by atoms with E-state index in [1.807, 2.05) is 13.8 Å². The van der Waals surface area contributed by atoms with Gasteiger partial charge in [-0.25, -0.2) is 0 Å². The molecule has 1 N–H and O–H groups in total. The van der Waals surface area contributed by atoms with Crippen LogP contribution in [-0.4, -0.2) is 43.8 Å². The van der Waals surface area contributed by atoms with E-state index in [0.29, 0.717) is 24.3 Å². The van der Waals surface area contributed by atoms with Gasteiger partial charge in [-0.15, -0.1) is 0 Å². The molecular formula is C14H20N2O4S. The average molecular weight is 312 g/mol. The van der Waals surface area contributed by atoms with Gasteiger partial charge in [0.25, 0.3) is 0 Å². The Morgan fingerprint density at radius 2 is 1.90 bits per heavy atom. The van der Waals surface area contributed by atoms with E-state index in [4.69, 9.17) is 4.74 Å². The number of rotatable bonds is 4. The SMILES string of the molecule is CC(=O)c1cccc(NS(=O)(=O)N2C[C@@H](C)O[C@@H](C)C2)c1. The molecule has 1 aliphatic rings. The highest BCUT2D eigenvalue weighted by Gasteiger charge is 2.31. The zero-order valence-electron chi connectivity index (χ0n) is 12.4. The molecule has 0 aliphatic carbocycles. The summed E-state index contributed by atoms with van der Waals surface area (Å²) < 4.78 is 34.2.